The van der Waals surface area contributed by atoms with Gasteiger partial charge in [-0.25, -0.2) is 4.68 Å². The molecule has 3 aromatic rings. The molecule has 0 saturated heterocycles. The molecular weight excluding hydrogens is 320 g/mol. The molecule has 98 valence electrons. The molecule has 5 nitrogen and oxygen atoms in total. The van der Waals surface area contributed by atoms with E-state index in [2.05, 4.69) is 31.2 Å². The first-order valence-electron chi connectivity index (χ1n) is 5.88. The van der Waals surface area contributed by atoms with Gasteiger partial charge in [0.25, 0.3) is 0 Å². The second kappa shape index (κ2) is 5.34. The molecule has 0 radical (unpaired) electrons. The van der Waals surface area contributed by atoms with Crippen LogP contribution in [0.25, 0.3) is 5.69 Å². The van der Waals surface area contributed by atoms with Crippen LogP contribution in [-0.2, 0) is 0 Å². The molecule has 0 aliphatic carbocycles. The molecule has 0 fully saturated rings. The van der Waals surface area contributed by atoms with Gasteiger partial charge in [-0.2, -0.15) is 0 Å². The molecule has 2 heterocycles. The highest BCUT2D eigenvalue weighted by molar-refractivity contribution is 9.10. The van der Waals surface area contributed by atoms with Gasteiger partial charge in [0.1, 0.15) is 11.4 Å². The zero-order valence-corrected chi connectivity index (χ0v) is 11.9. The minimum Gasteiger partial charge on any atom is -0.285 e. The Morgan fingerprint density at radius 3 is 2.55 bits per heavy atom. The Labute approximate surface area is 123 Å². The molecule has 0 saturated carbocycles. The molecule has 20 heavy (non-hydrogen) atoms. The Hall–Kier alpha value is -2.34. The van der Waals surface area contributed by atoms with Crippen molar-refractivity contribution in [2.24, 2.45) is 0 Å². The average molecular weight is 329 g/mol. The summed E-state index contributed by atoms with van der Waals surface area (Å²) in [6.45, 7) is 0. The van der Waals surface area contributed by atoms with Crippen molar-refractivity contribution in [2.45, 2.75) is 0 Å². The number of pyridine rings is 1. The second-order valence-corrected chi connectivity index (χ2v) is 4.97. The van der Waals surface area contributed by atoms with Crippen LogP contribution in [0.5, 0.6) is 0 Å². The number of hydrogen-bond acceptors (Lipinski definition) is 4. The Morgan fingerprint density at radius 2 is 1.85 bits per heavy atom. The molecule has 1 aromatic carbocycles. The zero-order valence-electron chi connectivity index (χ0n) is 10.3. The summed E-state index contributed by atoms with van der Waals surface area (Å²) in [4.78, 5) is 16.5. The van der Waals surface area contributed by atoms with E-state index in [1.54, 1.807) is 18.3 Å². The number of hydrogen-bond donors (Lipinski definition) is 0. The number of carbonyl (C=O) groups is 1. The quantitative estimate of drug-likeness (QED) is 0.693. The zero-order chi connectivity index (χ0) is 13.9. The fourth-order valence-electron chi connectivity index (χ4n) is 1.79. The fourth-order valence-corrected chi connectivity index (χ4v) is 2.03. The van der Waals surface area contributed by atoms with E-state index in [4.69, 9.17) is 0 Å². The number of benzene rings is 1. The summed E-state index contributed by atoms with van der Waals surface area (Å²) in [5.41, 5.74) is 1.52. The van der Waals surface area contributed by atoms with Crippen molar-refractivity contribution in [1.82, 2.24) is 20.0 Å². The third-order valence-electron chi connectivity index (χ3n) is 2.74. The van der Waals surface area contributed by atoms with Crippen LogP contribution in [0.2, 0.25) is 0 Å². The Bertz CT molecular complexity index is 737. The van der Waals surface area contributed by atoms with E-state index >= 15 is 0 Å². The third-order valence-corrected chi connectivity index (χ3v) is 3.21. The van der Waals surface area contributed by atoms with Crippen molar-refractivity contribution in [3.05, 3.63) is 70.7 Å². The SMILES string of the molecule is O=C(c1ccc(Br)cn1)c1cnnn1-c1ccccc1. The first-order valence-corrected chi connectivity index (χ1v) is 6.67. The van der Waals surface area contributed by atoms with Gasteiger partial charge in [0, 0.05) is 10.7 Å². The summed E-state index contributed by atoms with van der Waals surface area (Å²) in [7, 11) is 0. The first kappa shape index (κ1) is 12.7. The lowest BCUT2D eigenvalue weighted by Crippen LogP contribution is -2.11. The largest absolute Gasteiger partial charge is 0.285 e. The summed E-state index contributed by atoms with van der Waals surface area (Å²) in [6, 6.07) is 12.8. The lowest BCUT2D eigenvalue weighted by Gasteiger charge is -2.04. The number of ketones is 1. The van der Waals surface area contributed by atoms with Crippen molar-refractivity contribution in [3.8, 4) is 5.69 Å². The minimum absolute atomic E-state index is 0.216. The predicted octanol–water partition coefficient (Wildman–Crippen LogP) is 2.66. The Morgan fingerprint density at radius 1 is 1.05 bits per heavy atom. The lowest BCUT2D eigenvalue weighted by atomic mass is 10.2. The van der Waals surface area contributed by atoms with Gasteiger partial charge in [-0.15, -0.1) is 5.10 Å². The maximum absolute atomic E-state index is 12.4. The van der Waals surface area contributed by atoms with E-state index in [0.29, 0.717) is 11.4 Å². The molecule has 0 amide bonds. The number of aromatic nitrogens is 4. The maximum Gasteiger partial charge on any atom is 0.231 e. The van der Waals surface area contributed by atoms with E-state index < -0.39 is 0 Å². The van der Waals surface area contributed by atoms with Gasteiger partial charge < -0.3 is 0 Å². The maximum atomic E-state index is 12.4. The van der Waals surface area contributed by atoms with Crippen LogP contribution in [0.4, 0.5) is 0 Å². The van der Waals surface area contributed by atoms with E-state index in [1.165, 1.54) is 10.9 Å². The third kappa shape index (κ3) is 2.37. The van der Waals surface area contributed by atoms with Gasteiger partial charge in [-0.1, -0.05) is 23.4 Å². The molecule has 3 rings (SSSR count). The van der Waals surface area contributed by atoms with Crippen LogP contribution < -0.4 is 0 Å². The molecular formula is C14H9BrN4O. The number of nitrogens with zero attached hydrogens (tertiary/aromatic N) is 4. The van der Waals surface area contributed by atoms with Crippen LogP contribution in [0, 0.1) is 0 Å². The molecule has 0 atom stereocenters. The normalized spacial score (nSPS) is 10.4. The van der Waals surface area contributed by atoms with Crippen LogP contribution in [-0.4, -0.2) is 25.8 Å². The number of halogens is 1. The molecule has 0 unspecified atom stereocenters. The molecule has 0 bridgehead atoms. The van der Waals surface area contributed by atoms with Crippen LogP contribution in [0.1, 0.15) is 16.2 Å². The van der Waals surface area contributed by atoms with Crippen molar-refractivity contribution >= 4 is 21.7 Å². The summed E-state index contributed by atoms with van der Waals surface area (Å²) < 4.78 is 2.33. The van der Waals surface area contributed by atoms with Gasteiger partial charge in [0.2, 0.25) is 5.78 Å². The van der Waals surface area contributed by atoms with E-state index in [-0.39, 0.29) is 5.78 Å². The molecule has 6 heteroatoms. The van der Waals surface area contributed by atoms with Gasteiger partial charge >= 0.3 is 0 Å². The van der Waals surface area contributed by atoms with Crippen molar-refractivity contribution in [3.63, 3.8) is 0 Å². The van der Waals surface area contributed by atoms with Gasteiger partial charge in [0.15, 0.2) is 0 Å². The molecule has 0 spiro atoms. The summed E-state index contributed by atoms with van der Waals surface area (Å²) >= 11 is 3.29. The van der Waals surface area contributed by atoms with Crippen molar-refractivity contribution in [1.29, 1.82) is 0 Å². The number of carbonyl (C=O) groups excluding carboxylic acids is 1. The second-order valence-electron chi connectivity index (χ2n) is 4.06. The monoisotopic (exact) mass is 328 g/mol. The van der Waals surface area contributed by atoms with Crippen LogP contribution >= 0.6 is 15.9 Å². The fraction of sp³-hybridized carbons (Fsp3) is 0. The number of para-hydroxylation sites is 1. The highest BCUT2D eigenvalue weighted by atomic mass is 79.9. The smallest absolute Gasteiger partial charge is 0.231 e. The highest BCUT2D eigenvalue weighted by Gasteiger charge is 2.17. The highest BCUT2D eigenvalue weighted by Crippen LogP contribution is 2.14. The molecule has 0 aliphatic heterocycles. The lowest BCUT2D eigenvalue weighted by molar-refractivity contribution is 0.102. The molecule has 0 N–H and O–H groups in total. The topological polar surface area (TPSA) is 60.7 Å². The first-order chi connectivity index (χ1) is 9.75. The Kier molecular flexibility index (Phi) is 3.39. The van der Waals surface area contributed by atoms with E-state index in [9.17, 15) is 4.79 Å². The van der Waals surface area contributed by atoms with Crippen LogP contribution in [0.15, 0.2) is 59.3 Å². The summed E-state index contributed by atoms with van der Waals surface area (Å²) in [5.74, 6) is -0.216. The van der Waals surface area contributed by atoms with Gasteiger partial charge in [0.05, 0.1) is 11.9 Å². The minimum atomic E-state index is -0.216. The molecule has 2 aromatic heterocycles. The number of rotatable bonds is 3. The van der Waals surface area contributed by atoms with Gasteiger partial charge in [-0.3, -0.25) is 9.78 Å². The van der Waals surface area contributed by atoms with Crippen LogP contribution in [0.3, 0.4) is 0 Å². The van der Waals surface area contributed by atoms with Gasteiger partial charge in [-0.05, 0) is 40.2 Å². The average Bonchev–Trinajstić information content (AvgIpc) is 2.97. The Balaban J connectivity index is 2.02. The standard InChI is InChI=1S/C14H9BrN4O/c15-10-6-7-12(16-8-10)14(20)13-9-17-18-19(13)11-4-2-1-3-5-11/h1-9H. The van der Waals surface area contributed by atoms with E-state index in [0.717, 1.165) is 10.2 Å². The summed E-state index contributed by atoms with van der Waals surface area (Å²) in [5, 5.41) is 7.78. The van der Waals surface area contributed by atoms with E-state index in [1.807, 2.05) is 30.3 Å². The van der Waals surface area contributed by atoms with Crippen molar-refractivity contribution < 1.29 is 4.79 Å². The molecule has 0 aliphatic rings. The van der Waals surface area contributed by atoms with Crippen molar-refractivity contribution in [2.75, 3.05) is 0 Å². The predicted molar refractivity (Wildman–Crippen MR) is 76.7 cm³/mol. The summed E-state index contributed by atoms with van der Waals surface area (Å²) in [6.07, 6.45) is 3.03.